The van der Waals surface area contributed by atoms with Crippen LogP contribution in [0.15, 0.2) is 59.8 Å². The van der Waals surface area contributed by atoms with Crippen LogP contribution >= 0.6 is 0 Å². The zero-order valence-corrected chi connectivity index (χ0v) is 17.5. The van der Waals surface area contributed by atoms with E-state index < -0.39 is 0 Å². The Labute approximate surface area is 184 Å². The number of anilines is 3. The predicted molar refractivity (Wildman–Crippen MR) is 123 cm³/mol. The molecule has 0 spiro atoms. The number of fused-ring (bicyclic) bond motifs is 1. The summed E-state index contributed by atoms with van der Waals surface area (Å²) in [6, 6.07) is 13.5. The van der Waals surface area contributed by atoms with Crippen molar-refractivity contribution in [1.29, 1.82) is 0 Å². The lowest BCUT2D eigenvalue weighted by Gasteiger charge is -2.28. The lowest BCUT2D eigenvalue weighted by atomic mass is 10.1. The van der Waals surface area contributed by atoms with Crippen molar-refractivity contribution in [3.63, 3.8) is 0 Å². The molecule has 4 heterocycles. The smallest absolute Gasteiger partial charge is 0.259 e. The summed E-state index contributed by atoms with van der Waals surface area (Å²) < 4.78 is 10.6. The number of aromatic nitrogens is 4. The van der Waals surface area contributed by atoms with E-state index in [1.165, 1.54) is 6.33 Å². The number of methoxy groups -OCH3 is 1. The monoisotopic (exact) mass is 430 g/mol. The quantitative estimate of drug-likeness (QED) is 0.498. The molecule has 0 bridgehead atoms. The molecule has 4 aromatic rings. The lowest BCUT2D eigenvalue weighted by Crippen LogP contribution is -2.36. The molecule has 162 valence electrons. The van der Waals surface area contributed by atoms with Crippen molar-refractivity contribution in [3.8, 4) is 17.3 Å². The first-order valence-corrected chi connectivity index (χ1v) is 10.3. The molecular weight excluding hydrogens is 408 g/mol. The number of hydrogen-bond acceptors (Lipinski definition) is 8. The van der Waals surface area contributed by atoms with Crippen LogP contribution in [0.5, 0.6) is 5.88 Å². The highest BCUT2D eigenvalue weighted by Crippen LogP contribution is 2.28. The molecule has 1 aliphatic heterocycles. The third kappa shape index (κ3) is 3.97. The Hall–Kier alpha value is -3.98. The normalized spacial score (nSPS) is 13.8. The summed E-state index contributed by atoms with van der Waals surface area (Å²) in [7, 11) is 1.55. The number of benzene rings is 1. The van der Waals surface area contributed by atoms with Gasteiger partial charge in [-0.15, -0.1) is 0 Å². The van der Waals surface area contributed by atoms with Gasteiger partial charge < -0.3 is 24.7 Å². The first-order valence-electron chi connectivity index (χ1n) is 10.3. The van der Waals surface area contributed by atoms with E-state index >= 15 is 0 Å². The molecule has 1 aliphatic rings. The second kappa shape index (κ2) is 8.64. The first-order chi connectivity index (χ1) is 15.7. The third-order valence-electron chi connectivity index (χ3n) is 5.37. The molecule has 0 aliphatic carbocycles. The number of nitrogens with one attached hydrogen (secondary N) is 2. The zero-order chi connectivity index (χ0) is 21.9. The van der Waals surface area contributed by atoms with Crippen LogP contribution in [0.25, 0.3) is 22.2 Å². The van der Waals surface area contributed by atoms with Gasteiger partial charge >= 0.3 is 0 Å². The molecular formula is C23H22N6O3. The third-order valence-corrected chi connectivity index (χ3v) is 5.37. The summed E-state index contributed by atoms with van der Waals surface area (Å²) in [5.74, 6) is 0.895. The van der Waals surface area contributed by atoms with Gasteiger partial charge in [0.2, 0.25) is 5.88 Å². The van der Waals surface area contributed by atoms with E-state index in [2.05, 4.69) is 37.3 Å². The van der Waals surface area contributed by atoms with E-state index in [0.29, 0.717) is 28.5 Å². The molecule has 0 radical (unpaired) electrons. The van der Waals surface area contributed by atoms with E-state index in [9.17, 15) is 4.79 Å². The molecule has 3 aromatic heterocycles. The van der Waals surface area contributed by atoms with Gasteiger partial charge in [-0.25, -0.2) is 15.0 Å². The van der Waals surface area contributed by atoms with Crippen LogP contribution in [0.2, 0.25) is 0 Å². The molecule has 9 heteroatoms. The van der Waals surface area contributed by atoms with Crippen LogP contribution in [0.1, 0.15) is 0 Å². The van der Waals surface area contributed by atoms with Crippen LogP contribution in [0, 0.1) is 0 Å². The highest BCUT2D eigenvalue weighted by molar-refractivity contribution is 5.95. The molecule has 0 atom stereocenters. The summed E-state index contributed by atoms with van der Waals surface area (Å²) in [6.45, 7) is 3.22. The van der Waals surface area contributed by atoms with Crippen LogP contribution < -0.4 is 20.5 Å². The number of aromatic amines is 1. The number of H-pyrrole nitrogens is 1. The molecule has 0 saturated carbocycles. The van der Waals surface area contributed by atoms with Gasteiger partial charge in [-0.3, -0.25) is 4.79 Å². The Balaban J connectivity index is 1.53. The number of rotatable bonds is 5. The van der Waals surface area contributed by atoms with Gasteiger partial charge in [-0.05, 0) is 41.8 Å². The maximum Gasteiger partial charge on any atom is 0.259 e. The lowest BCUT2D eigenvalue weighted by molar-refractivity contribution is 0.122. The Morgan fingerprint density at radius 1 is 1.06 bits per heavy atom. The van der Waals surface area contributed by atoms with E-state index in [-0.39, 0.29) is 5.56 Å². The maximum atomic E-state index is 12.6. The van der Waals surface area contributed by atoms with Crippen molar-refractivity contribution in [1.82, 2.24) is 19.9 Å². The average molecular weight is 430 g/mol. The number of nitrogens with zero attached hydrogens (tertiary/aromatic N) is 4. The topological polar surface area (TPSA) is 105 Å². The fourth-order valence-electron chi connectivity index (χ4n) is 3.74. The Kier molecular flexibility index (Phi) is 5.39. The Morgan fingerprint density at radius 2 is 1.88 bits per heavy atom. The largest absolute Gasteiger partial charge is 0.481 e. The summed E-state index contributed by atoms with van der Waals surface area (Å²) >= 11 is 0. The standard InChI is InChI=1S/C23H22N6O3/c1-31-20-13-18(25-14-26-20)19-12-15-6-7-24-23(30)21(15)22(28-19)27-16-2-4-17(5-3-16)29-8-10-32-11-9-29/h2-7,12-14H,8-11H2,1H3,(H,24,30)(H,27,28). The van der Waals surface area contributed by atoms with Crippen molar-refractivity contribution in [2.24, 2.45) is 0 Å². The molecule has 1 aromatic carbocycles. The molecule has 0 amide bonds. The van der Waals surface area contributed by atoms with Gasteiger partial charge in [0.05, 0.1) is 37.1 Å². The number of ether oxygens (including phenoxy) is 2. The first kappa shape index (κ1) is 20.0. The SMILES string of the molecule is COc1cc(-c2cc3cc[nH]c(=O)c3c(Nc3ccc(N4CCOCC4)cc3)n2)ncn1. The molecule has 0 unspecified atom stereocenters. The second-order valence-electron chi connectivity index (χ2n) is 7.34. The van der Waals surface area contributed by atoms with Crippen LogP contribution in [0.3, 0.4) is 0 Å². The summed E-state index contributed by atoms with van der Waals surface area (Å²) in [5, 5.41) is 4.54. The average Bonchev–Trinajstić information content (AvgIpc) is 2.85. The minimum atomic E-state index is -0.214. The van der Waals surface area contributed by atoms with E-state index in [0.717, 1.165) is 43.1 Å². The Bertz CT molecular complexity index is 1300. The van der Waals surface area contributed by atoms with Gasteiger partial charge in [-0.2, -0.15) is 0 Å². The highest BCUT2D eigenvalue weighted by Gasteiger charge is 2.14. The highest BCUT2D eigenvalue weighted by atomic mass is 16.5. The van der Waals surface area contributed by atoms with E-state index in [1.54, 1.807) is 19.4 Å². The zero-order valence-electron chi connectivity index (χ0n) is 17.5. The van der Waals surface area contributed by atoms with Crippen molar-refractivity contribution < 1.29 is 9.47 Å². The van der Waals surface area contributed by atoms with Crippen LogP contribution in [0.4, 0.5) is 17.2 Å². The predicted octanol–water partition coefficient (Wildman–Crippen LogP) is 2.97. The van der Waals surface area contributed by atoms with Gasteiger partial charge in [0.1, 0.15) is 12.1 Å². The fraction of sp³-hybridized carbons (Fsp3) is 0.217. The molecule has 1 fully saturated rings. The van der Waals surface area contributed by atoms with Crippen molar-refractivity contribution >= 4 is 28.0 Å². The molecule has 9 nitrogen and oxygen atoms in total. The Morgan fingerprint density at radius 3 is 2.66 bits per heavy atom. The minimum Gasteiger partial charge on any atom is -0.481 e. The molecule has 1 saturated heterocycles. The number of morpholine rings is 1. The summed E-state index contributed by atoms with van der Waals surface area (Å²) in [5.41, 5.74) is 2.96. The van der Waals surface area contributed by atoms with Crippen molar-refractivity contribution in [2.45, 2.75) is 0 Å². The van der Waals surface area contributed by atoms with Gasteiger partial charge in [0, 0.05) is 36.7 Å². The van der Waals surface area contributed by atoms with Crippen molar-refractivity contribution in [2.75, 3.05) is 43.6 Å². The van der Waals surface area contributed by atoms with Crippen LogP contribution in [-0.2, 0) is 4.74 Å². The second-order valence-corrected chi connectivity index (χ2v) is 7.34. The van der Waals surface area contributed by atoms with E-state index in [4.69, 9.17) is 14.5 Å². The number of hydrogen-bond donors (Lipinski definition) is 2. The van der Waals surface area contributed by atoms with Gasteiger partial charge in [0.25, 0.3) is 5.56 Å². The maximum absolute atomic E-state index is 12.6. The molecule has 2 N–H and O–H groups in total. The fourth-order valence-corrected chi connectivity index (χ4v) is 3.74. The summed E-state index contributed by atoms with van der Waals surface area (Å²) in [4.78, 5) is 30.7. The van der Waals surface area contributed by atoms with Crippen LogP contribution in [-0.4, -0.2) is 53.3 Å². The molecule has 5 rings (SSSR count). The van der Waals surface area contributed by atoms with Gasteiger partial charge in [-0.1, -0.05) is 0 Å². The van der Waals surface area contributed by atoms with E-state index in [1.807, 2.05) is 24.3 Å². The van der Waals surface area contributed by atoms with Crippen molar-refractivity contribution in [3.05, 3.63) is 65.3 Å². The molecule has 32 heavy (non-hydrogen) atoms. The number of pyridine rings is 2. The minimum absolute atomic E-state index is 0.214. The summed E-state index contributed by atoms with van der Waals surface area (Å²) in [6.07, 6.45) is 3.05. The van der Waals surface area contributed by atoms with Gasteiger partial charge in [0.15, 0.2) is 0 Å².